The summed E-state index contributed by atoms with van der Waals surface area (Å²) in [6, 6.07) is 5.71. The molecule has 2 N–H and O–H groups in total. The molecule has 0 saturated heterocycles. The summed E-state index contributed by atoms with van der Waals surface area (Å²) in [5.74, 6) is 0.0489. The van der Waals surface area contributed by atoms with E-state index in [4.69, 9.17) is 5.73 Å². The minimum Gasteiger partial charge on any atom is -0.445 e. The largest absolute Gasteiger partial charge is 0.445 e. The van der Waals surface area contributed by atoms with Crippen LogP contribution in [0.15, 0.2) is 24.3 Å². The second-order valence-electron chi connectivity index (χ2n) is 2.63. The Labute approximate surface area is 84.6 Å². The number of carbonyl (C=O) groups excluding carboxylic acids is 1. The van der Waals surface area contributed by atoms with Gasteiger partial charge in [-0.25, -0.2) is 4.79 Å². The van der Waals surface area contributed by atoms with Crippen LogP contribution in [0.1, 0.15) is 5.56 Å². The molecule has 1 aromatic rings. The number of hydrogen-bond donors (Lipinski definition) is 1. The SMILES string of the molecule is NC(=O)OCc1ccc(OC(F)F)cc1. The Morgan fingerprint density at radius 3 is 2.40 bits per heavy atom. The molecule has 4 nitrogen and oxygen atoms in total. The monoisotopic (exact) mass is 217 g/mol. The van der Waals surface area contributed by atoms with Crippen LogP contribution in [0.3, 0.4) is 0 Å². The van der Waals surface area contributed by atoms with E-state index in [1.165, 1.54) is 24.3 Å². The van der Waals surface area contributed by atoms with Crippen LogP contribution in [0, 0.1) is 0 Å². The molecule has 0 saturated carbocycles. The topological polar surface area (TPSA) is 61.6 Å². The average molecular weight is 217 g/mol. The number of benzene rings is 1. The fourth-order valence-electron chi connectivity index (χ4n) is 0.922. The van der Waals surface area contributed by atoms with Crippen molar-refractivity contribution in [1.29, 1.82) is 0 Å². The lowest BCUT2D eigenvalue weighted by atomic mass is 10.2. The van der Waals surface area contributed by atoms with Gasteiger partial charge in [0.25, 0.3) is 0 Å². The highest BCUT2D eigenvalue weighted by molar-refractivity contribution is 5.64. The molecule has 0 aliphatic carbocycles. The molecule has 0 atom stereocenters. The molecule has 0 bridgehead atoms. The number of hydrogen-bond acceptors (Lipinski definition) is 3. The van der Waals surface area contributed by atoms with Gasteiger partial charge in [0, 0.05) is 0 Å². The molecule has 0 unspecified atom stereocenters. The highest BCUT2D eigenvalue weighted by atomic mass is 19.3. The van der Waals surface area contributed by atoms with E-state index in [2.05, 4.69) is 9.47 Å². The van der Waals surface area contributed by atoms with Crippen molar-refractivity contribution in [3.05, 3.63) is 29.8 Å². The first-order chi connectivity index (χ1) is 7.08. The molecule has 1 aromatic carbocycles. The highest BCUT2D eigenvalue weighted by Gasteiger charge is 2.03. The fraction of sp³-hybridized carbons (Fsp3) is 0.222. The molecule has 1 rings (SSSR count). The van der Waals surface area contributed by atoms with Gasteiger partial charge in [-0.05, 0) is 17.7 Å². The summed E-state index contributed by atoms with van der Waals surface area (Å²) in [6.07, 6.45) is -0.886. The third kappa shape index (κ3) is 4.26. The molecule has 6 heteroatoms. The molecule has 0 aromatic heterocycles. The maximum absolute atomic E-state index is 11.8. The summed E-state index contributed by atoms with van der Waals surface area (Å²) in [5.41, 5.74) is 5.39. The molecule has 0 aliphatic heterocycles. The Morgan fingerprint density at radius 1 is 1.33 bits per heavy atom. The zero-order valence-corrected chi connectivity index (χ0v) is 7.65. The molecule has 0 fully saturated rings. The van der Waals surface area contributed by atoms with Crippen LogP contribution in [0.25, 0.3) is 0 Å². The van der Waals surface area contributed by atoms with Crippen molar-refractivity contribution in [1.82, 2.24) is 0 Å². The molecule has 0 spiro atoms. The molecule has 1 amide bonds. The Balaban J connectivity index is 2.52. The lowest BCUT2D eigenvalue weighted by Crippen LogP contribution is -2.12. The van der Waals surface area contributed by atoms with Crippen molar-refractivity contribution < 1.29 is 23.0 Å². The third-order valence-electron chi connectivity index (χ3n) is 1.53. The van der Waals surface area contributed by atoms with Crippen molar-refractivity contribution >= 4 is 6.09 Å². The normalized spacial score (nSPS) is 10.1. The van der Waals surface area contributed by atoms with E-state index in [1.54, 1.807) is 0 Å². The first kappa shape index (κ1) is 11.2. The van der Waals surface area contributed by atoms with Gasteiger partial charge in [-0.1, -0.05) is 12.1 Å². The van der Waals surface area contributed by atoms with Crippen molar-refractivity contribution in [2.75, 3.05) is 0 Å². The van der Waals surface area contributed by atoms with Gasteiger partial charge in [-0.3, -0.25) is 0 Å². The molecule has 82 valence electrons. The summed E-state index contributed by atoms with van der Waals surface area (Å²) in [4.78, 5) is 10.3. The van der Waals surface area contributed by atoms with Crippen molar-refractivity contribution in [3.63, 3.8) is 0 Å². The van der Waals surface area contributed by atoms with Crippen molar-refractivity contribution in [2.24, 2.45) is 5.73 Å². The second-order valence-corrected chi connectivity index (χ2v) is 2.63. The lowest BCUT2D eigenvalue weighted by Gasteiger charge is -2.05. The smallest absolute Gasteiger partial charge is 0.404 e. The number of amides is 1. The van der Waals surface area contributed by atoms with E-state index in [-0.39, 0.29) is 12.4 Å². The zero-order valence-electron chi connectivity index (χ0n) is 7.65. The number of carbonyl (C=O) groups is 1. The molecular weight excluding hydrogens is 208 g/mol. The molecule has 0 aliphatic rings. The standard InChI is InChI=1S/C9H9F2NO3/c10-8(11)15-7-3-1-6(2-4-7)5-14-9(12)13/h1-4,8H,5H2,(H2,12,13). The van der Waals surface area contributed by atoms with E-state index >= 15 is 0 Å². The van der Waals surface area contributed by atoms with Gasteiger partial charge >= 0.3 is 12.7 Å². The molecule has 0 heterocycles. The minimum absolute atomic E-state index is 0.00426. The Hall–Kier alpha value is -1.85. The molecule has 0 radical (unpaired) electrons. The summed E-state index contributed by atoms with van der Waals surface area (Å²) < 4.78 is 32.2. The predicted octanol–water partition coefficient (Wildman–Crippen LogP) is 1.88. The molecule has 15 heavy (non-hydrogen) atoms. The summed E-state index contributed by atoms with van der Waals surface area (Å²) >= 11 is 0. The van der Waals surface area contributed by atoms with E-state index in [9.17, 15) is 13.6 Å². The van der Waals surface area contributed by atoms with Crippen LogP contribution < -0.4 is 10.5 Å². The number of nitrogens with two attached hydrogens (primary N) is 1. The number of rotatable bonds is 4. The van der Waals surface area contributed by atoms with Gasteiger partial charge in [0.2, 0.25) is 0 Å². The number of halogens is 2. The fourth-order valence-corrected chi connectivity index (χ4v) is 0.922. The maximum atomic E-state index is 11.8. The van der Waals surface area contributed by atoms with Gasteiger partial charge in [0.15, 0.2) is 0 Å². The van der Waals surface area contributed by atoms with Gasteiger partial charge in [0.1, 0.15) is 12.4 Å². The van der Waals surface area contributed by atoms with E-state index in [0.29, 0.717) is 5.56 Å². The Bertz CT molecular complexity index is 327. The first-order valence-corrected chi connectivity index (χ1v) is 4.04. The minimum atomic E-state index is -2.85. The summed E-state index contributed by atoms with van der Waals surface area (Å²) in [6.45, 7) is -2.85. The van der Waals surface area contributed by atoms with Crippen molar-refractivity contribution in [2.45, 2.75) is 13.2 Å². The second kappa shape index (κ2) is 5.14. The van der Waals surface area contributed by atoms with Gasteiger partial charge in [-0.2, -0.15) is 8.78 Å². The van der Waals surface area contributed by atoms with E-state index in [1.807, 2.05) is 0 Å². The highest BCUT2D eigenvalue weighted by Crippen LogP contribution is 2.15. The lowest BCUT2D eigenvalue weighted by molar-refractivity contribution is -0.0498. The number of ether oxygens (including phenoxy) is 2. The van der Waals surface area contributed by atoms with Crippen LogP contribution in [-0.2, 0) is 11.3 Å². The van der Waals surface area contributed by atoms with Crippen molar-refractivity contribution in [3.8, 4) is 5.75 Å². The van der Waals surface area contributed by atoms with E-state index in [0.717, 1.165) is 0 Å². The van der Waals surface area contributed by atoms with Crippen LogP contribution >= 0.6 is 0 Å². The third-order valence-corrected chi connectivity index (χ3v) is 1.53. The quantitative estimate of drug-likeness (QED) is 0.837. The maximum Gasteiger partial charge on any atom is 0.404 e. The number of alkyl halides is 2. The van der Waals surface area contributed by atoms with Crippen LogP contribution in [0.4, 0.5) is 13.6 Å². The van der Waals surface area contributed by atoms with Crippen LogP contribution in [0.5, 0.6) is 5.75 Å². The molecular formula is C9H9F2NO3. The summed E-state index contributed by atoms with van der Waals surface area (Å²) in [5, 5.41) is 0. The van der Waals surface area contributed by atoms with Gasteiger partial charge in [0.05, 0.1) is 0 Å². The van der Waals surface area contributed by atoms with E-state index < -0.39 is 12.7 Å². The Kier molecular flexibility index (Phi) is 3.84. The average Bonchev–Trinajstić information content (AvgIpc) is 2.16. The zero-order chi connectivity index (χ0) is 11.3. The predicted molar refractivity (Wildman–Crippen MR) is 47.4 cm³/mol. The summed E-state index contributed by atoms with van der Waals surface area (Å²) in [7, 11) is 0. The van der Waals surface area contributed by atoms with Crippen LogP contribution in [0.2, 0.25) is 0 Å². The van der Waals surface area contributed by atoms with Crippen LogP contribution in [-0.4, -0.2) is 12.7 Å². The number of primary amides is 1. The van der Waals surface area contributed by atoms with Gasteiger partial charge in [-0.15, -0.1) is 0 Å². The first-order valence-electron chi connectivity index (χ1n) is 4.04. The Morgan fingerprint density at radius 2 is 1.93 bits per heavy atom. The van der Waals surface area contributed by atoms with Gasteiger partial charge < -0.3 is 15.2 Å².